The average Bonchev–Trinajstić information content (AvgIpc) is 3.02. The summed E-state index contributed by atoms with van der Waals surface area (Å²) in [6, 6.07) is 0. The van der Waals surface area contributed by atoms with Crippen LogP contribution in [0, 0.1) is 56.2 Å². The van der Waals surface area contributed by atoms with E-state index in [0.29, 0.717) is 36.9 Å². The van der Waals surface area contributed by atoms with Crippen molar-refractivity contribution in [1.29, 1.82) is 0 Å². The summed E-state index contributed by atoms with van der Waals surface area (Å²) in [5.41, 5.74) is 3.98. The number of carbonyl (C=O) groups is 2. The van der Waals surface area contributed by atoms with Gasteiger partial charge in [0.05, 0.1) is 13.2 Å². The van der Waals surface area contributed by atoms with E-state index < -0.39 is 11.9 Å². The number of rotatable bonds is 8. The molecule has 0 amide bonds. The molecule has 0 aliphatic heterocycles. The molecule has 4 saturated carbocycles. The van der Waals surface area contributed by atoms with Crippen LogP contribution in [0.5, 0.6) is 0 Å². The predicted octanol–water partition coefficient (Wildman–Crippen LogP) is 10.7. The molecule has 10 unspecified atom stereocenters. The molecular weight excluding hydrogens is 580 g/mol. The van der Waals surface area contributed by atoms with E-state index in [2.05, 4.69) is 79.0 Å². The highest BCUT2D eigenvalue weighted by Gasteiger charge is 2.57. The molecule has 0 aromatic rings. The first-order chi connectivity index (χ1) is 22.1. The van der Waals surface area contributed by atoms with Crippen LogP contribution in [0.3, 0.4) is 0 Å². The lowest BCUT2D eigenvalue weighted by atomic mass is 9.45. The highest BCUT2D eigenvalue weighted by molar-refractivity contribution is 5.91. The van der Waals surface area contributed by atoms with Crippen molar-refractivity contribution >= 4 is 11.9 Å². The summed E-state index contributed by atoms with van der Waals surface area (Å²) in [6.45, 7) is 23.4. The Morgan fingerprint density at radius 3 is 1.47 bits per heavy atom. The summed E-state index contributed by atoms with van der Waals surface area (Å²) in [7, 11) is 0. The molecule has 0 aromatic heterocycles. The van der Waals surface area contributed by atoms with Gasteiger partial charge in [-0.15, -0.1) is 13.2 Å². The molecule has 260 valence electrons. The fraction of sp³-hybridized carbons (Fsp3) is 0.767. The van der Waals surface area contributed by atoms with Crippen LogP contribution in [0.1, 0.15) is 138 Å². The summed E-state index contributed by atoms with van der Waals surface area (Å²) in [4.78, 5) is 26.2. The van der Waals surface area contributed by atoms with Crippen molar-refractivity contribution < 1.29 is 19.1 Å². The Morgan fingerprint density at radius 1 is 0.681 bits per heavy atom. The van der Waals surface area contributed by atoms with Gasteiger partial charge in [0.2, 0.25) is 0 Å². The summed E-state index contributed by atoms with van der Waals surface area (Å²) in [6.07, 6.45) is 25.2. The first-order valence-corrected chi connectivity index (χ1v) is 19.1. The number of ether oxygens (including phenoxy) is 2. The fourth-order valence-corrected chi connectivity index (χ4v) is 12.5. The summed E-state index contributed by atoms with van der Waals surface area (Å²) < 4.78 is 11.9. The zero-order valence-electron chi connectivity index (χ0n) is 30.7. The third kappa shape index (κ3) is 6.16. The van der Waals surface area contributed by atoms with Gasteiger partial charge in [0.25, 0.3) is 0 Å². The minimum absolute atomic E-state index is 0.0800. The van der Waals surface area contributed by atoms with Crippen molar-refractivity contribution in [1.82, 2.24) is 0 Å². The lowest BCUT2D eigenvalue weighted by molar-refractivity contribution is -0.165. The van der Waals surface area contributed by atoms with E-state index >= 15 is 0 Å². The third-order valence-electron chi connectivity index (χ3n) is 15.5. The van der Waals surface area contributed by atoms with Crippen LogP contribution in [0.4, 0.5) is 0 Å². The van der Waals surface area contributed by atoms with Crippen molar-refractivity contribution in [2.24, 2.45) is 56.2 Å². The molecule has 10 atom stereocenters. The molecule has 4 nitrogen and oxygen atoms in total. The lowest BCUT2D eigenvalue weighted by Crippen LogP contribution is -2.53. The number of carbonyl (C=O) groups excluding carboxylic acids is 2. The van der Waals surface area contributed by atoms with Gasteiger partial charge in [-0.05, 0) is 122 Å². The molecule has 0 N–H and O–H groups in total. The summed E-state index contributed by atoms with van der Waals surface area (Å²) in [5, 5.41) is 0. The molecule has 6 aliphatic rings. The Kier molecular flexibility index (Phi) is 9.13. The third-order valence-corrected chi connectivity index (χ3v) is 15.5. The van der Waals surface area contributed by atoms with E-state index in [4.69, 9.17) is 9.47 Å². The SMILES string of the molecule is C=CC1(C)CCC2C(=CCC3C(C)(COC(=O)CC(=O)OCC4(C)CCCC5(C)C6CCC(C)(C=C)CC6=CCC45)CCCC23C)C1. The van der Waals surface area contributed by atoms with Crippen molar-refractivity contribution in [3.05, 3.63) is 48.6 Å². The fourth-order valence-electron chi connectivity index (χ4n) is 12.5. The van der Waals surface area contributed by atoms with Crippen molar-refractivity contribution in [2.45, 2.75) is 138 Å². The summed E-state index contributed by atoms with van der Waals surface area (Å²) in [5.74, 6) is 1.30. The molecule has 4 heteroatoms. The van der Waals surface area contributed by atoms with Gasteiger partial charge in [0, 0.05) is 10.8 Å². The highest BCUT2D eigenvalue weighted by Crippen LogP contribution is 2.65. The maximum absolute atomic E-state index is 13.1. The van der Waals surface area contributed by atoms with Crippen LogP contribution >= 0.6 is 0 Å². The van der Waals surface area contributed by atoms with Gasteiger partial charge in [-0.2, -0.15) is 0 Å². The van der Waals surface area contributed by atoms with E-state index in [1.807, 2.05) is 0 Å². The standard InChI is InChI=1S/C43H64O4/c1-9-38(3)23-17-32-30(26-38)13-15-34-40(5,19-11-21-42(32,34)7)28-46-36(44)25-37(45)47-29-41(6)20-12-22-43(8)33-18-24-39(4,10-2)27-31(33)14-16-35(41)43/h9-10,13-14,32-35H,1-2,11-12,15-29H2,3-8H3. The smallest absolute Gasteiger partial charge is 0.317 e. The van der Waals surface area contributed by atoms with E-state index in [9.17, 15) is 9.59 Å². The van der Waals surface area contributed by atoms with Crippen LogP contribution in [0.2, 0.25) is 0 Å². The van der Waals surface area contributed by atoms with Crippen LogP contribution in [-0.2, 0) is 19.1 Å². The maximum atomic E-state index is 13.1. The number of esters is 2. The predicted molar refractivity (Wildman–Crippen MR) is 190 cm³/mol. The molecule has 0 spiro atoms. The van der Waals surface area contributed by atoms with Gasteiger partial charge in [0.15, 0.2) is 0 Å². The van der Waals surface area contributed by atoms with E-state index in [1.165, 1.54) is 38.5 Å². The van der Waals surface area contributed by atoms with Gasteiger partial charge in [-0.25, -0.2) is 0 Å². The van der Waals surface area contributed by atoms with E-state index in [0.717, 1.165) is 51.4 Å². The Bertz CT molecular complexity index is 1240. The molecule has 0 radical (unpaired) electrons. The normalized spacial score (nSPS) is 45.8. The molecular formula is C43H64O4. The molecule has 0 bridgehead atoms. The number of fused-ring (bicyclic) bond motifs is 6. The highest BCUT2D eigenvalue weighted by atomic mass is 16.6. The van der Waals surface area contributed by atoms with Crippen LogP contribution in [-0.4, -0.2) is 25.2 Å². The van der Waals surface area contributed by atoms with Crippen LogP contribution in [0.25, 0.3) is 0 Å². The van der Waals surface area contributed by atoms with Gasteiger partial charge >= 0.3 is 11.9 Å². The molecule has 0 heterocycles. The molecule has 0 saturated heterocycles. The quantitative estimate of drug-likeness (QED) is 0.150. The van der Waals surface area contributed by atoms with Gasteiger partial charge < -0.3 is 9.47 Å². The van der Waals surface area contributed by atoms with E-state index in [-0.39, 0.29) is 38.9 Å². The van der Waals surface area contributed by atoms with Crippen LogP contribution < -0.4 is 0 Å². The molecule has 4 fully saturated rings. The first-order valence-electron chi connectivity index (χ1n) is 19.1. The molecule has 0 aromatic carbocycles. The monoisotopic (exact) mass is 644 g/mol. The summed E-state index contributed by atoms with van der Waals surface area (Å²) >= 11 is 0. The van der Waals surface area contributed by atoms with Crippen LogP contribution in [0.15, 0.2) is 48.6 Å². The van der Waals surface area contributed by atoms with Crippen molar-refractivity contribution in [2.75, 3.05) is 13.2 Å². The van der Waals surface area contributed by atoms with Crippen molar-refractivity contribution in [3.63, 3.8) is 0 Å². The lowest BCUT2D eigenvalue weighted by Gasteiger charge is -2.59. The minimum Gasteiger partial charge on any atom is -0.465 e. The minimum atomic E-state index is -0.439. The number of hydrogen-bond acceptors (Lipinski definition) is 4. The Hall–Kier alpha value is -2.10. The molecule has 47 heavy (non-hydrogen) atoms. The van der Waals surface area contributed by atoms with Gasteiger partial charge in [0.1, 0.15) is 6.42 Å². The van der Waals surface area contributed by atoms with Crippen molar-refractivity contribution in [3.8, 4) is 0 Å². The zero-order chi connectivity index (χ0) is 33.9. The average molecular weight is 645 g/mol. The topological polar surface area (TPSA) is 52.6 Å². The Balaban J connectivity index is 1.04. The first kappa shape index (κ1) is 34.8. The number of allylic oxidation sites excluding steroid dienone is 6. The number of hydrogen-bond donors (Lipinski definition) is 0. The van der Waals surface area contributed by atoms with E-state index in [1.54, 1.807) is 11.1 Å². The largest absolute Gasteiger partial charge is 0.465 e. The zero-order valence-corrected chi connectivity index (χ0v) is 30.7. The second-order valence-electron chi connectivity index (χ2n) is 18.9. The second-order valence-corrected chi connectivity index (χ2v) is 18.9. The Morgan fingerprint density at radius 2 is 1.09 bits per heavy atom. The Labute approximate surface area is 286 Å². The molecule has 6 rings (SSSR count). The maximum Gasteiger partial charge on any atom is 0.317 e. The van der Waals surface area contributed by atoms with Gasteiger partial charge in [-0.3, -0.25) is 9.59 Å². The second kappa shape index (κ2) is 12.3. The van der Waals surface area contributed by atoms with Gasteiger partial charge in [-0.1, -0.05) is 89.8 Å². The molecule has 6 aliphatic carbocycles.